The molecule has 0 fully saturated rings. The number of carboxylic acids is 1. The van der Waals surface area contributed by atoms with E-state index >= 15 is 0 Å². The molecule has 0 saturated carbocycles. The molecule has 1 atom stereocenters. The number of aromatic nitrogens is 1. The molecule has 0 spiro atoms. The van der Waals surface area contributed by atoms with Crippen LogP contribution in [0.15, 0.2) is 23.4 Å². The van der Waals surface area contributed by atoms with Gasteiger partial charge in [-0.2, -0.15) is 9.90 Å². The van der Waals surface area contributed by atoms with Crippen LogP contribution in [-0.2, 0) is 23.5 Å². The largest absolute Gasteiger partial charge is 0.480 e. The summed E-state index contributed by atoms with van der Waals surface area (Å²) < 4.78 is 3.53. The molecular formula is C13H22Ar3N4O6PTc+. The van der Waals surface area contributed by atoms with Crippen molar-refractivity contribution in [2.75, 3.05) is 26.4 Å². The van der Waals surface area contributed by atoms with Gasteiger partial charge in [-0.1, -0.05) is 0 Å². The molecule has 0 saturated heterocycles. The molecule has 5 N–H and O–H groups in total. The first-order chi connectivity index (χ1) is 11.3. The molecule has 0 aromatic carbocycles. The Bertz CT molecular complexity index is 575. The molecule has 0 radical (unpaired) electrons. The van der Waals surface area contributed by atoms with Crippen molar-refractivity contribution in [2.45, 2.75) is 12.5 Å². The third-order valence-corrected chi connectivity index (χ3v) is 3.00. The maximum Gasteiger partial charge on any atom is 0.317 e. The fourth-order valence-electron chi connectivity index (χ4n) is 1.27. The Labute approximate surface area is 266 Å². The van der Waals surface area contributed by atoms with Crippen LogP contribution in [-0.4, -0.2) is 69.1 Å². The van der Waals surface area contributed by atoms with Gasteiger partial charge in [-0.05, 0) is 0 Å². The van der Waals surface area contributed by atoms with Gasteiger partial charge in [-0.15, -0.1) is 0 Å². The van der Waals surface area contributed by atoms with Gasteiger partial charge < -0.3 is 20.4 Å². The van der Waals surface area contributed by atoms with Crippen LogP contribution in [0.5, 0.6) is 0 Å². The number of aliphatic hydroxyl groups is 3. The zero-order chi connectivity index (χ0) is 18.6. The average Bonchev–Trinajstić information content (AvgIpc) is 2.58. The number of rotatable bonds is 8. The van der Waals surface area contributed by atoms with E-state index in [0.29, 0.717) is 11.4 Å². The van der Waals surface area contributed by atoms with Crippen molar-refractivity contribution in [1.82, 2.24) is 13.7 Å². The van der Waals surface area contributed by atoms with Crippen molar-refractivity contribution >= 4 is 27.5 Å². The molecule has 0 aliphatic carbocycles. The van der Waals surface area contributed by atoms with Gasteiger partial charge >= 0.3 is 85.4 Å². The number of aliphatic hydroxyl groups excluding tert-OH is 3. The summed E-state index contributed by atoms with van der Waals surface area (Å²) in [5.74, 6) is -0.607. The number of hydrogen-bond donors (Lipinski definition) is 5. The van der Waals surface area contributed by atoms with Crippen LogP contribution in [0.1, 0.15) is 17.3 Å². The molecule has 0 bridgehead atoms. The van der Waals surface area contributed by atoms with Crippen LogP contribution in [0.3, 0.4) is 0 Å². The number of Topliss-reactive ketones (excluding diaryl/α,β-unsaturated/α-hetero) is 1. The molecule has 10 nitrogen and oxygen atoms in total. The monoisotopic (exact) mass is 578 g/mol. The third-order valence-electron chi connectivity index (χ3n) is 2.82. The molecule has 1 aromatic rings. The normalized spacial score (nSPS) is 8.71. The Balaban J connectivity index is -0.000000110. The van der Waals surface area contributed by atoms with Gasteiger partial charge in [0, 0.05) is 113 Å². The molecule has 0 amide bonds. The van der Waals surface area contributed by atoms with Crippen LogP contribution >= 0.6 is 9.90 Å². The maximum absolute atomic E-state index is 10.8. The number of carbonyl (C=O) groups excluding carboxylic acids is 1. The van der Waals surface area contributed by atoms with Crippen molar-refractivity contribution in [2.24, 2.45) is 5.11 Å². The van der Waals surface area contributed by atoms with Crippen molar-refractivity contribution in [3.05, 3.63) is 23.9 Å². The summed E-state index contributed by atoms with van der Waals surface area (Å²) in [6.07, 6.45) is 1.49. The van der Waals surface area contributed by atoms with E-state index in [2.05, 4.69) is 18.8 Å². The van der Waals surface area contributed by atoms with Crippen LogP contribution in [0.4, 0.5) is 5.82 Å². The van der Waals surface area contributed by atoms with Crippen molar-refractivity contribution in [3.63, 3.8) is 0 Å². The third kappa shape index (κ3) is 18.1. The molecule has 1 unspecified atom stereocenters. The average molecular weight is 579 g/mol. The van der Waals surface area contributed by atoms with Crippen molar-refractivity contribution in [1.29, 1.82) is 0 Å². The topological polar surface area (TPSA) is 166 Å². The van der Waals surface area contributed by atoms with Gasteiger partial charge in [0.25, 0.3) is 0 Å². The van der Waals surface area contributed by atoms with Crippen LogP contribution in [0.2, 0.25) is 0 Å². The number of ketones is 1. The molecule has 0 aliphatic rings. The molecule has 1 heterocycles. The zero-order valence-electron chi connectivity index (χ0n) is 14.7. The zero-order valence-corrected chi connectivity index (χ0v) is 20.0. The summed E-state index contributed by atoms with van der Waals surface area (Å²) in [6.45, 7) is -0.480. The Kier molecular flexibility index (Phi) is 35.2. The molecular weight excluding hydrogens is 557 g/mol. The number of hydrogen-bond acceptors (Lipinski definition) is 8. The number of carbonyl (C=O) groups is 2. The first-order valence-corrected chi connectivity index (χ1v) is 7.45. The number of carboxylic acid groups (broad SMARTS) is 1. The van der Waals surface area contributed by atoms with E-state index in [1.807, 2.05) is 0 Å². The van der Waals surface area contributed by atoms with E-state index in [9.17, 15) is 9.59 Å². The standard InChI is InChI=1S/C7H6N3O.C6H13NO5.3Ar.H3P.Tc/c1-5(11)6-2-3-7(10-8)9-4-6;8-2-6(3-9,4-10)7-1-5(11)12;;;;;/h2-4H,1H3;7-10H,1-4H2,(H,11,12);;;;1H3;/q-1;;;;;;+2. The summed E-state index contributed by atoms with van der Waals surface area (Å²) in [5, 5.41) is 40.4. The molecule has 165 valence electrons. The number of nitrogens with one attached hydrogen (secondary N) is 1. The fourth-order valence-corrected chi connectivity index (χ4v) is 1.46. The van der Waals surface area contributed by atoms with Gasteiger partial charge in [0.2, 0.25) is 0 Å². The van der Waals surface area contributed by atoms with Crippen molar-refractivity contribution in [3.8, 4) is 0 Å². The summed E-state index contributed by atoms with van der Waals surface area (Å²) in [4.78, 5) is 24.8. The molecule has 1 rings (SSSR count). The van der Waals surface area contributed by atoms with Gasteiger partial charge in [0.1, 0.15) is 0 Å². The summed E-state index contributed by atoms with van der Waals surface area (Å²) in [6, 6.07) is 3.33. The second-order valence-corrected chi connectivity index (χ2v) is 5.01. The van der Waals surface area contributed by atoms with E-state index in [1.54, 1.807) is 30.8 Å². The van der Waals surface area contributed by atoms with Crippen LogP contribution < -0.4 is 8.72 Å². The fraction of sp³-hybridized carbons (Fsp3) is 0.462. The number of pyridine rings is 1. The van der Waals surface area contributed by atoms with Gasteiger partial charge in [-0.25, -0.2) is 0 Å². The van der Waals surface area contributed by atoms with E-state index in [-0.39, 0.29) is 129 Å². The second-order valence-electron chi connectivity index (χ2n) is 4.64. The van der Waals surface area contributed by atoms with Crippen LogP contribution in [0.25, 0.3) is 0 Å². The first kappa shape index (κ1) is 40.8. The second kappa shape index (κ2) is 24.1. The predicted octanol–water partition coefficient (Wildman–Crippen LogP) is -1.40. The summed E-state index contributed by atoms with van der Waals surface area (Å²) in [5.41, 5.74) is -0.722. The predicted molar refractivity (Wildman–Crippen MR) is 89.2 cm³/mol. The molecule has 15 heteroatoms. The van der Waals surface area contributed by atoms with Gasteiger partial charge in [0.15, 0.2) is 0 Å². The minimum atomic E-state index is -1.31. The Morgan fingerprint density at radius 2 is 1.68 bits per heavy atom. The summed E-state index contributed by atoms with van der Waals surface area (Å²) in [7, 11) is 0. The Morgan fingerprint density at radius 1 is 1.18 bits per heavy atom. The van der Waals surface area contributed by atoms with E-state index in [4.69, 9.17) is 20.4 Å². The Hall–Kier alpha value is 2.50. The van der Waals surface area contributed by atoms with Crippen molar-refractivity contribution < 1.29 is 162 Å². The minimum absolute atomic E-state index is 0. The smallest absolute Gasteiger partial charge is 0.317 e. The quantitative estimate of drug-likeness (QED) is 0.109. The summed E-state index contributed by atoms with van der Waals surface area (Å²) >= 11 is 1.76. The van der Waals surface area contributed by atoms with Gasteiger partial charge in [-0.3, -0.25) is 10.1 Å². The number of nitrogens with zero attached hydrogens (tertiary/aromatic N) is 3. The SMILES string of the molecule is CC(=O)c1ccc(N=[N+]=[Tc])nc1.O=C(O)CNC(CO)(CO)CO.P.[Ar].[Ar].[Ar]. The molecule has 28 heavy (non-hydrogen) atoms. The van der Waals surface area contributed by atoms with Gasteiger partial charge in [0.05, 0.1) is 31.9 Å². The van der Waals surface area contributed by atoms with E-state index in [0.717, 1.165) is 0 Å². The number of aliphatic carboxylic acids is 1. The van der Waals surface area contributed by atoms with Crippen LogP contribution in [0, 0.1) is 113 Å². The van der Waals surface area contributed by atoms with E-state index < -0.39 is 37.9 Å². The first-order valence-electron chi connectivity index (χ1n) is 6.62. The Morgan fingerprint density at radius 3 is 1.96 bits per heavy atom. The molecule has 1 aromatic heterocycles. The minimum Gasteiger partial charge on any atom is -0.480 e. The van der Waals surface area contributed by atoms with E-state index in [1.165, 1.54) is 13.1 Å². The maximum atomic E-state index is 10.8. The molecule has 0 aliphatic heterocycles.